The highest BCUT2D eigenvalue weighted by atomic mass is 19.2. The number of unbranched alkanes of at least 4 members (excludes halogenated alkanes) is 1. The zero-order valence-corrected chi connectivity index (χ0v) is 16.1. The van der Waals surface area contributed by atoms with E-state index in [2.05, 4.69) is 6.92 Å². The van der Waals surface area contributed by atoms with Crippen molar-refractivity contribution in [2.45, 2.75) is 64.4 Å². The molecule has 1 fully saturated rings. The van der Waals surface area contributed by atoms with Gasteiger partial charge in [0.2, 0.25) is 0 Å². The fourth-order valence-electron chi connectivity index (χ4n) is 3.98. The summed E-state index contributed by atoms with van der Waals surface area (Å²) in [7, 11) is 0. The number of rotatable bonds is 7. The van der Waals surface area contributed by atoms with Gasteiger partial charge in [0.05, 0.1) is 0 Å². The zero-order valence-electron chi connectivity index (χ0n) is 16.1. The molecular weight excluding hydrogens is 368 g/mol. The summed E-state index contributed by atoms with van der Waals surface area (Å²) in [6.07, 6.45) is 8.31. The summed E-state index contributed by atoms with van der Waals surface area (Å²) in [6.45, 7) is 1.96. The Bertz CT molecular complexity index is 797. The van der Waals surface area contributed by atoms with Gasteiger partial charge < -0.3 is 4.74 Å². The van der Waals surface area contributed by atoms with Gasteiger partial charge in [-0.1, -0.05) is 38.3 Å². The second-order valence-electron chi connectivity index (χ2n) is 7.70. The second kappa shape index (κ2) is 9.44. The molecule has 152 valence electrons. The molecule has 1 aliphatic rings. The molecule has 0 heterocycles. The third-order valence-electron chi connectivity index (χ3n) is 5.72. The van der Waals surface area contributed by atoms with Gasteiger partial charge in [-0.05, 0) is 49.1 Å². The molecule has 0 atom stereocenters. The fraction of sp³-hybridized carbons (Fsp3) is 0.478. The zero-order chi connectivity index (χ0) is 20.1. The van der Waals surface area contributed by atoms with Crippen LogP contribution in [0.1, 0.15) is 68.9 Å². The van der Waals surface area contributed by atoms with E-state index in [1.165, 1.54) is 38.2 Å². The normalized spacial score (nSPS) is 19.6. The first-order chi connectivity index (χ1) is 13.5. The van der Waals surface area contributed by atoms with E-state index in [9.17, 15) is 17.6 Å². The molecule has 0 N–H and O–H groups in total. The minimum absolute atomic E-state index is 0.252. The third-order valence-corrected chi connectivity index (χ3v) is 5.72. The lowest BCUT2D eigenvalue weighted by molar-refractivity contribution is 0.280. The predicted molar refractivity (Wildman–Crippen MR) is 101 cm³/mol. The number of halogens is 4. The lowest BCUT2D eigenvalue weighted by Gasteiger charge is -2.29. The van der Waals surface area contributed by atoms with Crippen molar-refractivity contribution in [3.05, 3.63) is 64.7 Å². The standard InChI is InChI=1S/C23H26F4O/c1-2-3-4-15-5-7-16(8-6-15)17-9-10-18(19(24)11-17)14-28-23-13-21(26)20(25)12-22(23)27/h9-13,15-16H,2-8,14H2,1H3. The summed E-state index contributed by atoms with van der Waals surface area (Å²) in [4.78, 5) is 0. The Balaban J connectivity index is 1.60. The van der Waals surface area contributed by atoms with Gasteiger partial charge in [-0.2, -0.15) is 0 Å². The Kier molecular flexibility index (Phi) is 6.97. The number of ether oxygens (including phenoxy) is 1. The summed E-state index contributed by atoms with van der Waals surface area (Å²) >= 11 is 0. The van der Waals surface area contributed by atoms with Gasteiger partial charge in [-0.3, -0.25) is 0 Å². The molecular formula is C23H26F4O. The van der Waals surface area contributed by atoms with Gasteiger partial charge >= 0.3 is 0 Å². The quantitative estimate of drug-likeness (QED) is 0.354. The van der Waals surface area contributed by atoms with Crippen LogP contribution in [-0.2, 0) is 6.61 Å². The second-order valence-corrected chi connectivity index (χ2v) is 7.70. The van der Waals surface area contributed by atoms with Gasteiger partial charge in [0.15, 0.2) is 23.2 Å². The molecule has 1 aliphatic carbocycles. The highest BCUT2D eigenvalue weighted by molar-refractivity contribution is 5.29. The first-order valence-electron chi connectivity index (χ1n) is 10.0. The van der Waals surface area contributed by atoms with Crippen molar-refractivity contribution < 1.29 is 22.3 Å². The lowest BCUT2D eigenvalue weighted by Crippen LogP contribution is -2.13. The molecule has 5 heteroatoms. The van der Waals surface area contributed by atoms with Crippen LogP contribution in [0, 0.1) is 29.2 Å². The average molecular weight is 394 g/mol. The Hall–Kier alpha value is -2.04. The predicted octanol–water partition coefficient (Wildman–Crippen LogP) is 7.29. The van der Waals surface area contributed by atoms with Crippen molar-refractivity contribution in [3.8, 4) is 5.75 Å². The van der Waals surface area contributed by atoms with Crippen molar-refractivity contribution in [1.29, 1.82) is 0 Å². The van der Waals surface area contributed by atoms with Crippen molar-refractivity contribution in [2.75, 3.05) is 0 Å². The molecule has 0 spiro atoms. The van der Waals surface area contributed by atoms with Gasteiger partial charge in [-0.25, -0.2) is 17.6 Å². The van der Waals surface area contributed by atoms with Gasteiger partial charge in [-0.15, -0.1) is 0 Å². The number of hydrogen-bond donors (Lipinski definition) is 0. The maximum atomic E-state index is 14.5. The van der Waals surface area contributed by atoms with Crippen LogP contribution in [0.2, 0.25) is 0 Å². The molecule has 0 radical (unpaired) electrons. The summed E-state index contributed by atoms with van der Waals surface area (Å²) in [6, 6.07) is 6.10. The van der Waals surface area contributed by atoms with Crippen LogP contribution in [0.3, 0.4) is 0 Å². The van der Waals surface area contributed by atoms with E-state index < -0.39 is 29.0 Å². The molecule has 0 unspecified atom stereocenters. The summed E-state index contributed by atoms with van der Waals surface area (Å²) < 4.78 is 59.5. The van der Waals surface area contributed by atoms with Crippen LogP contribution in [0.25, 0.3) is 0 Å². The van der Waals surface area contributed by atoms with Crippen LogP contribution >= 0.6 is 0 Å². The maximum absolute atomic E-state index is 14.5. The van der Waals surface area contributed by atoms with Gasteiger partial charge in [0, 0.05) is 17.7 Å². The SMILES string of the molecule is CCCCC1CCC(c2ccc(COc3cc(F)c(F)cc3F)c(F)c2)CC1. The average Bonchev–Trinajstić information content (AvgIpc) is 2.69. The molecule has 0 aromatic heterocycles. The van der Waals surface area contributed by atoms with Crippen molar-refractivity contribution in [2.24, 2.45) is 5.92 Å². The molecule has 2 aromatic carbocycles. The van der Waals surface area contributed by atoms with Crippen LogP contribution in [0.5, 0.6) is 5.75 Å². The minimum atomic E-state index is -1.29. The van der Waals surface area contributed by atoms with Crippen LogP contribution in [0.15, 0.2) is 30.3 Å². The van der Waals surface area contributed by atoms with Crippen molar-refractivity contribution in [1.82, 2.24) is 0 Å². The lowest BCUT2D eigenvalue weighted by atomic mass is 9.77. The van der Waals surface area contributed by atoms with Gasteiger partial charge in [0.1, 0.15) is 12.4 Å². The maximum Gasteiger partial charge on any atom is 0.168 e. The first-order valence-corrected chi connectivity index (χ1v) is 10.0. The summed E-state index contributed by atoms with van der Waals surface area (Å²) in [5.41, 5.74) is 1.23. The smallest absolute Gasteiger partial charge is 0.168 e. The number of benzene rings is 2. The molecule has 0 bridgehead atoms. The molecule has 1 saturated carbocycles. The molecule has 3 rings (SSSR count). The van der Waals surface area contributed by atoms with Crippen LogP contribution in [-0.4, -0.2) is 0 Å². The van der Waals surface area contributed by atoms with E-state index in [1.807, 2.05) is 6.07 Å². The monoisotopic (exact) mass is 394 g/mol. The van der Waals surface area contributed by atoms with E-state index in [0.717, 1.165) is 24.3 Å². The van der Waals surface area contributed by atoms with Crippen molar-refractivity contribution in [3.63, 3.8) is 0 Å². The molecule has 0 amide bonds. The summed E-state index contributed by atoms with van der Waals surface area (Å²) in [5.74, 6) is -3.21. The fourth-order valence-corrected chi connectivity index (χ4v) is 3.98. The number of hydrogen-bond acceptors (Lipinski definition) is 1. The topological polar surface area (TPSA) is 9.23 Å². The molecule has 2 aromatic rings. The van der Waals surface area contributed by atoms with Crippen molar-refractivity contribution >= 4 is 0 Å². The molecule has 28 heavy (non-hydrogen) atoms. The molecule has 0 aliphatic heterocycles. The summed E-state index contributed by atoms with van der Waals surface area (Å²) in [5, 5.41) is 0. The van der Waals surface area contributed by atoms with E-state index in [1.54, 1.807) is 6.07 Å². The van der Waals surface area contributed by atoms with Crippen LogP contribution in [0.4, 0.5) is 17.6 Å². The van der Waals surface area contributed by atoms with E-state index >= 15 is 0 Å². The minimum Gasteiger partial charge on any atom is -0.486 e. The largest absolute Gasteiger partial charge is 0.486 e. The van der Waals surface area contributed by atoms with Crippen LogP contribution < -0.4 is 4.74 Å². The molecule has 1 nitrogen and oxygen atoms in total. The Morgan fingerprint density at radius 2 is 1.57 bits per heavy atom. The highest BCUT2D eigenvalue weighted by Gasteiger charge is 2.23. The molecule has 0 saturated heterocycles. The Morgan fingerprint density at radius 1 is 0.857 bits per heavy atom. The van der Waals surface area contributed by atoms with E-state index in [0.29, 0.717) is 18.1 Å². The highest BCUT2D eigenvalue weighted by Crippen LogP contribution is 2.38. The Labute approximate surface area is 163 Å². The first kappa shape index (κ1) is 20.7. The van der Waals surface area contributed by atoms with Gasteiger partial charge in [0.25, 0.3) is 0 Å². The Morgan fingerprint density at radius 3 is 2.25 bits per heavy atom. The van der Waals surface area contributed by atoms with E-state index in [4.69, 9.17) is 4.74 Å². The van der Waals surface area contributed by atoms with E-state index in [-0.39, 0.29) is 12.2 Å². The third kappa shape index (κ3) is 5.06.